The molecule has 0 atom stereocenters. The summed E-state index contributed by atoms with van der Waals surface area (Å²) in [5.41, 5.74) is 0. The maximum Gasteiger partial charge on any atom is 0.0527 e. The molecule has 0 N–H and O–H groups in total. The van der Waals surface area contributed by atoms with Gasteiger partial charge in [0, 0.05) is 8.80 Å². The van der Waals surface area contributed by atoms with Crippen LogP contribution in [0.15, 0.2) is 0 Å². The molecule has 0 heterocycles. The van der Waals surface area contributed by atoms with E-state index in [2.05, 4.69) is 33.9 Å². The molecular weight excluding hydrogens is 200 g/mol. The zero-order valence-electron chi connectivity index (χ0n) is 11.0. The Balaban J connectivity index is 3.71. The van der Waals surface area contributed by atoms with Gasteiger partial charge >= 0.3 is 0 Å². The molecule has 0 nitrogen and oxygen atoms in total. The van der Waals surface area contributed by atoms with Crippen LogP contribution in [-0.2, 0) is 0 Å². The van der Waals surface area contributed by atoms with E-state index in [4.69, 9.17) is 0 Å². The predicted octanol–water partition coefficient (Wildman–Crippen LogP) is 4.76. The van der Waals surface area contributed by atoms with E-state index in [0.717, 1.165) is 0 Å². The SMILES string of the molecule is CC[Si](CC)(CC)CCCC[SiH](C)C. The molecule has 0 saturated carbocycles. The van der Waals surface area contributed by atoms with Gasteiger partial charge in [-0.2, -0.15) is 0 Å². The van der Waals surface area contributed by atoms with Gasteiger partial charge in [-0.1, -0.05) is 76.9 Å². The molecule has 0 aliphatic heterocycles. The lowest BCUT2D eigenvalue weighted by atomic mass is 10.4. The third-order valence-electron chi connectivity index (χ3n) is 3.99. The summed E-state index contributed by atoms with van der Waals surface area (Å²) in [7, 11) is -1.04. The van der Waals surface area contributed by atoms with Crippen LogP contribution in [0.1, 0.15) is 33.6 Å². The van der Waals surface area contributed by atoms with Gasteiger partial charge in [-0.3, -0.25) is 0 Å². The Bertz CT molecular complexity index is 120. The summed E-state index contributed by atoms with van der Waals surface area (Å²) in [4.78, 5) is 0. The fourth-order valence-corrected chi connectivity index (χ4v) is 7.00. The van der Waals surface area contributed by atoms with E-state index < -0.39 is 8.07 Å². The van der Waals surface area contributed by atoms with Crippen LogP contribution in [0.3, 0.4) is 0 Å². The van der Waals surface area contributed by atoms with Crippen LogP contribution in [-0.4, -0.2) is 16.9 Å². The van der Waals surface area contributed by atoms with E-state index in [1.807, 2.05) is 0 Å². The smallest absolute Gasteiger partial charge is 0.0527 e. The molecule has 0 aliphatic carbocycles. The molecule has 0 unspecified atom stereocenters. The van der Waals surface area contributed by atoms with Crippen LogP contribution >= 0.6 is 0 Å². The second-order valence-electron chi connectivity index (χ2n) is 5.20. The van der Waals surface area contributed by atoms with E-state index in [-0.39, 0.29) is 8.80 Å². The van der Waals surface area contributed by atoms with Crippen molar-refractivity contribution in [2.24, 2.45) is 0 Å². The maximum absolute atomic E-state index is 2.48. The third kappa shape index (κ3) is 5.35. The first-order valence-electron chi connectivity index (χ1n) is 6.60. The summed E-state index contributed by atoms with van der Waals surface area (Å²) in [6, 6.07) is 7.72. The van der Waals surface area contributed by atoms with Crippen LogP contribution in [0.2, 0.25) is 43.3 Å². The van der Waals surface area contributed by atoms with Crippen molar-refractivity contribution in [2.45, 2.75) is 76.9 Å². The highest BCUT2D eigenvalue weighted by molar-refractivity contribution is 6.79. The first-order valence-corrected chi connectivity index (χ1v) is 12.6. The molecule has 0 saturated heterocycles. The highest BCUT2D eigenvalue weighted by atomic mass is 28.3. The second kappa shape index (κ2) is 7.69. The standard InChI is InChI=1S/C12H30Si2/c1-6-14(7-2,8-3)12-10-9-11-13(4)5/h13H,6-12H2,1-5H3. The average molecular weight is 231 g/mol. The molecule has 0 aromatic heterocycles. The minimum absolute atomic E-state index is 0.267. The number of unbranched alkanes of at least 4 members (excludes halogenated alkanes) is 1. The molecule has 14 heavy (non-hydrogen) atoms. The van der Waals surface area contributed by atoms with Gasteiger partial charge in [-0.25, -0.2) is 0 Å². The average Bonchev–Trinajstić information content (AvgIpc) is 2.19. The van der Waals surface area contributed by atoms with Crippen molar-refractivity contribution < 1.29 is 0 Å². The Labute approximate surface area is 94.1 Å². The first kappa shape index (κ1) is 14.4. The van der Waals surface area contributed by atoms with E-state index in [9.17, 15) is 0 Å². The lowest BCUT2D eigenvalue weighted by Crippen LogP contribution is -2.30. The van der Waals surface area contributed by atoms with E-state index in [0.29, 0.717) is 0 Å². The van der Waals surface area contributed by atoms with Crippen molar-refractivity contribution in [3.63, 3.8) is 0 Å². The predicted molar refractivity (Wildman–Crippen MR) is 74.9 cm³/mol. The topological polar surface area (TPSA) is 0 Å². The van der Waals surface area contributed by atoms with Gasteiger partial charge in [0.1, 0.15) is 0 Å². The molecule has 86 valence electrons. The summed E-state index contributed by atoms with van der Waals surface area (Å²) in [6.45, 7) is 12.2. The molecule has 0 amide bonds. The van der Waals surface area contributed by atoms with E-state index >= 15 is 0 Å². The molecule has 2 heteroatoms. The van der Waals surface area contributed by atoms with E-state index in [1.54, 1.807) is 12.1 Å². The van der Waals surface area contributed by atoms with Gasteiger partial charge in [0.25, 0.3) is 0 Å². The van der Waals surface area contributed by atoms with Crippen LogP contribution in [0.5, 0.6) is 0 Å². The van der Waals surface area contributed by atoms with Crippen molar-refractivity contribution >= 4 is 16.9 Å². The number of rotatable bonds is 8. The molecule has 0 aliphatic rings. The van der Waals surface area contributed by atoms with Crippen molar-refractivity contribution in [2.75, 3.05) is 0 Å². The minimum atomic E-state index is -0.774. The quantitative estimate of drug-likeness (QED) is 0.416. The summed E-state index contributed by atoms with van der Waals surface area (Å²) in [5.74, 6) is 0. The van der Waals surface area contributed by atoms with Crippen molar-refractivity contribution in [3.05, 3.63) is 0 Å². The van der Waals surface area contributed by atoms with Crippen LogP contribution in [0.25, 0.3) is 0 Å². The maximum atomic E-state index is 2.48. The van der Waals surface area contributed by atoms with Crippen LogP contribution in [0, 0.1) is 0 Å². The Morgan fingerprint density at radius 3 is 1.71 bits per heavy atom. The Morgan fingerprint density at radius 1 is 0.857 bits per heavy atom. The van der Waals surface area contributed by atoms with Gasteiger partial charge in [-0.05, 0) is 0 Å². The molecule has 0 aromatic rings. The molecule has 0 rings (SSSR count). The van der Waals surface area contributed by atoms with Crippen molar-refractivity contribution in [3.8, 4) is 0 Å². The van der Waals surface area contributed by atoms with Gasteiger partial charge in [0.05, 0.1) is 8.07 Å². The molecule has 0 spiro atoms. The monoisotopic (exact) mass is 230 g/mol. The Morgan fingerprint density at radius 2 is 1.36 bits per heavy atom. The zero-order valence-corrected chi connectivity index (χ0v) is 13.2. The zero-order chi connectivity index (χ0) is 11.0. The molecule has 0 bridgehead atoms. The fourth-order valence-electron chi connectivity index (χ4n) is 2.33. The Kier molecular flexibility index (Phi) is 7.93. The highest BCUT2D eigenvalue weighted by Crippen LogP contribution is 2.27. The highest BCUT2D eigenvalue weighted by Gasteiger charge is 2.25. The lowest BCUT2D eigenvalue weighted by molar-refractivity contribution is 0.844. The van der Waals surface area contributed by atoms with E-state index in [1.165, 1.54) is 31.0 Å². The van der Waals surface area contributed by atoms with Gasteiger partial charge < -0.3 is 0 Å². The molecule has 0 radical (unpaired) electrons. The van der Waals surface area contributed by atoms with Gasteiger partial charge in [-0.15, -0.1) is 0 Å². The summed E-state index contributed by atoms with van der Waals surface area (Å²) < 4.78 is 0. The normalized spacial score (nSPS) is 12.4. The first-order chi connectivity index (χ1) is 6.60. The number of hydrogen-bond acceptors (Lipinski definition) is 0. The number of hydrogen-bond donors (Lipinski definition) is 0. The van der Waals surface area contributed by atoms with Crippen molar-refractivity contribution in [1.29, 1.82) is 0 Å². The third-order valence-corrected chi connectivity index (χ3v) is 11.5. The minimum Gasteiger partial charge on any atom is -0.0722 e. The molecular formula is C12H30Si2. The second-order valence-corrected chi connectivity index (χ2v) is 14.2. The summed E-state index contributed by atoms with van der Waals surface area (Å²) in [5, 5.41) is 0. The molecule has 0 aromatic carbocycles. The summed E-state index contributed by atoms with van der Waals surface area (Å²) >= 11 is 0. The van der Waals surface area contributed by atoms with Crippen LogP contribution < -0.4 is 0 Å². The lowest BCUT2D eigenvalue weighted by Gasteiger charge is -2.28. The van der Waals surface area contributed by atoms with Gasteiger partial charge in [0.2, 0.25) is 0 Å². The van der Waals surface area contributed by atoms with Crippen LogP contribution in [0.4, 0.5) is 0 Å². The fraction of sp³-hybridized carbons (Fsp3) is 1.00. The van der Waals surface area contributed by atoms with Crippen molar-refractivity contribution in [1.82, 2.24) is 0 Å². The largest absolute Gasteiger partial charge is 0.0722 e. The molecule has 0 fully saturated rings. The van der Waals surface area contributed by atoms with Gasteiger partial charge in [0.15, 0.2) is 0 Å². The Hall–Kier alpha value is 0.434. The summed E-state index contributed by atoms with van der Waals surface area (Å²) in [6.07, 6.45) is 3.06.